The van der Waals surface area contributed by atoms with Crippen LogP contribution in [0.25, 0.3) is 6.08 Å². The summed E-state index contributed by atoms with van der Waals surface area (Å²) in [5, 5.41) is 4.30. The first-order valence-electron chi connectivity index (χ1n) is 8.99. The van der Waals surface area contributed by atoms with Gasteiger partial charge in [-0.2, -0.15) is 5.10 Å². The molecule has 7 heteroatoms. The highest BCUT2D eigenvalue weighted by molar-refractivity contribution is 6.32. The summed E-state index contributed by atoms with van der Waals surface area (Å²) in [6, 6.07) is 9.44. The molecule has 3 aromatic rings. The maximum absolute atomic E-state index is 13.2. The summed E-state index contributed by atoms with van der Waals surface area (Å²) >= 11 is 6.00. The van der Waals surface area contributed by atoms with Crippen LogP contribution in [0, 0.1) is 5.82 Å². The van der Waals surface area contributed by atoms with E-state index >= 15 is 0 Å². The first-order valence-corrected chi connectivity index (χ1v) is 9.37. The standard InChI is InChI=1S/C22H20ClFN2O3/c1-3-26-13-17(12-25-26)20(27)7-4-15-5-8-21(28-2)16(10-15)14-29-22-9-6-18(24)11-19(22)23/h4-13H,3,14H2,1-2H3/b7-4+. The summed E-state index contributed by atoms with van der Waals surface area (Å²) in [4.78, 5) is 12.3. The van der Waals surface area contributed by atoms with Gasteiger partial charge in [0.15, 0.2) is 5.78 Å². The summed E-state index contributed by atoms with van der Waals surface area (Å²) in [7, 11) is 1.56. The summed E-state index contributed by atoms with van der Waals surface area (Å²) in [5.41, 5.74) is 2.11. The molecule has 0 aliphatic carbocycles. The molecule has 0 N–H and O–H groups in total. The average molecular weight is 415 g/mol. The Morgan fingerprint density at radius 3 is 2.72 bits per heavy atom. The second-order valence-electron chi connectivity index (χ2n) is 6.22. The van der Waals surface area contributed by atoms with Crippen molar-refractivity contribution in [2.75, 3.05) is 7.11 Å². The molecule has 0 saturated carbocycles. The number of halogens is 2. The van der Waals surface area contributed by atoms with Gasteiger partial charge in [0.1, 0.15) is 23.9 Å². The fourth-order valence-corrected chi connectivity index (χ4v) is 2.92. The van der Waals surface area contributed by atoms with Crippen molar-refractivity contribution in [2.45, 2.75) is 20.1 Å². The van der Waals surface area contributed by atoms with Gasteiger partial charge in [-0.25, -0.2) is 4.39 Å². The maximum atomic E-state index is 13.2. The Morgan fingerprint density at radius 1 is 1.24 bits per heavy atom. The van der Waals surface area contributed by atoms with E-state index in [4.69, 9.17) is 21.1 Å². The minimum absolute atomic E-state index is 0.128. The Bertz CT molecular complexity index is 1050. The third-order valence-electron chi connectivity index (χ3n) is 4.25. The number of allylic oxidation sites excluding steroid dienone is 1. The summed E-state index contributed by atoms with van der Waals surface area (Å²) in [5.74, 6) is 0.452. The predicted octanol–water partition coefficient (Wildman–Crippen LogP) is 5.18. The van der Waals surface area contributed by atoms with Gasteiger partial charge in [0.2, 0.25) is 0 Å². The van der Waals surface area contributed by atoms with E-state index in [1.807, 2.05) is 19.1 Å². The molecular formula is C22H20ClFN2O3. The van der Waals surface area contributed by atoms with Gasteiger partial charge in [0.25, 0.3) is 0 Å². The zero-order valence-electron chi connectivity index (χ0n) is 16.1. The molecule has 1 heterocycles. The van der Waals surface area contributed by atoms with Crippen molar-refractivity contribution in [2.24, 2.45) is 0 Å². The molecular weight excluding hydrogens is 395 g/mol. The molecule has 0 aliphatic heterocycles. The number of carbonyl (C=O) groups is 1. The van der Waals surface area contributed by atoms with Gasteiger partial charge in [-0.1, -0.05) is 23.7 Å². The molecule has 1 aromatic heterocycles. The Morgan fingerprint density at radius 2 is 2.03 bits per heavy atom. The van der Waals surface area contributed by atoms with E-state index < -0.39 is 5.82 Å². The molecule has 0 amide bonds. The van der Waals surface area contributed by atoms with Gasteiger partial charge < -0.3 is 9.47 Å². The van der Waals surface area contributed by atoms with Gasteiger partial charge in [-0.3, -0.25) is 9.48 Å². The number of benzene rings is 2. The van der Waals surface area contributed by atoms with Crippen molar-refractivity contribution >= 4 is 23.5 Å². The molecule has 3 rings (SSSR count). The topological polar surface area (TPSA) is 53.4 Å². The third kappa shape index (κ3) is 5.23. The minimum Gasteiger partial charge on any atom is -0.496 e. The minimum atomic E-state index is -0.429. The first kappa shape index (κ1) is 20.6. The van der Waals surface area contributed by atoms with Crippen molar-refractivity contribution in [1.82, 2.24) is 9.78 Å². The zero-order chi connectivity index (χ0) is 20.8. The van der Waals surface area contributed by atoms with Crippen LogP contribution in [0.3, 0.4) is 0 Å². The highest BCUT2D eigenvalue weighted by Gasteiger charge is 2.09. The lowest BCUT2D eigenvalue weighted by atomic mass is 10.1. The summed E-state index contributed by atoms with van der Waals surface area (Å²) < 4.78 is 26.0. The fourth-order valence-electron chi connectivity index (χ4n) is 2.69. The van der Waals surface area contributed by atoms with Crippen LogP contribution in [0.2, 0.25) is 5.02 Å². The third-order valence-corrected chi connectivity index (χ3v) is 4.55. The number of aromatic nitrogens is 2. The van der Waals surface area contributed by atoms with Crippen molar-refractivity contribution in [3.8, 4) is 11.5 Å². The van der Waals surface area contributed by atoms with Crippen LogP contribution in [0.1, 0.15) is 28.4 Å². The molecule has 0 atom stereocenters. The molecule has 150 valence electrons. The lowest BCUT2D eigenvalue weighted by molar-refractivity contribution is 0.104. The number of hydrogen-bond donors (Lipinski definition) is 0. The number of carbonyl (C=O) groups excluding carboxylic acids is 1. The molecule has 0 saturated heterocycles. The van der Waals surface area contributed by atoms with E-state index in [-0.39, 0.29) is 17.4 Å². The number of nitrogens with zero attached hydrogens (tertiary/aromatic N) is 2. The van der Waals surface area contributed by atoms with Crippen LogP contribution in [-0.2, 0) is 13.2 Å². The van der Waals surface area contributed by atoms with Crippen LogP contribution >= 0.6 is 11.6 Å². The van der Waals surface area contributed by atoms with Gasteiger partial charge in [0.05, 0.1) is 23.9 Å². The van der Waals surface area contributed by atoms with E-state index in [9.17, 15) is 9.18 Å². The van der Waals surface area contributed by atoms with E-state index in [1.54, 1.807) is 36.3 Å². The van der Waals surface area contributed by atoms with Gasteiger partial charge >= 0.3 is 0 Å². The molecule has 0 unspecified atom stereocenters. The van der Waals surface area contributed by atoms with Crippen LogP contribution in [0.4, 0.5) is 4.39 Å². The maximum Gasteiger partial charge on any atom is 0.189 e. The van der Waals surface area contributed by atoms with Gasteiger partial charge in [0, 0.05) is 18.3 Å². The number of aryl methyl sites for hydroxylation is 1. The van der Waals surface area contributed by atoms with Gasteiger partial charge in [-0.05, 0) is 48.9 Å². The molecule has 29 heavy (non-hydrogen) atoms. The quantitative estimate of drug-likeness (QED) is 0.376. The SMILES string of the molecule is CCn1cc(C(=O)/C=C/c2ccc(OC)c(COc3ccc(F)cc3Cl)c2)cn1. The number of ether oxygens (including phenoxy) is 2. The first-order chi connectivity index (χ1) is 14.0. The monoisotopic (exact) mass is 414 g/mol. The van der Waals surface area contributed by atoms with E-state index in [0.717, 1.165) is 11.1 Å². The van der Waals surface area contributed by atoms with E-state index in [0.29, 0.717) is 23.6 Å². The van der Waals surface area contributed by atoms with Crippen molar-refractivity contribution < 1.29 is 18.7 Å². The lowest BCUT2D eigenvalue weighted by Gasteiger charge is -2.12. The molecule has 0 aliphatic rings. The summed E-state index contributed by atoms with van der Waals surface area (Å²) in [6.45, 7) is 2.83. The number of hydrogen-bond acceptors (Lipinski definition) is 4. The highest BCUT2D eigenvalue weighted by atomic mass is 35.5. The molecule has 5 nitrogen and oxygen atoms in total. The Balaban J connectivity index is 1.74. The molecule has 0 fully saturated rings. The molecule has 2 aromatic carbocycles. The van der Waals surface area contributed by atoms with Crippen molar-refractivity contribution in [3.63, 3.8) is 0 Å². The Labute approximate surface area is 173 Å². The fraction of sp³-hybridized carbons (Fsp3) is 0.182. The zero-order valence-corrected chi connectivity index (χ0v) is 16.8. The molecule has 0 bridgehead atoms. The molecule has 0 radical (unpaired) electrons. The highest BCUT2D eigenvalue weighted by Crippen LogP contribution is 2.28. The average Bonchev–Trinajstić information content (AvgIpc) is 3.21. The normalized spacial score (nSPS) is 11.0. The largest absolute Gasteiger partial charge is 0.496 e. The number of rotatable bonds is 8. The van der Waals surface area contributed by atoms with Crippen LogP contribution < -0.4 is 9.47 Å². The van der Waals surface area contributed by atoms with Gasteiger partial charge in [-0.15, -0.1) is 0 Å². The van der Waals surface area contributed by atoms with Crippen LogP contribution in [0.15, 0.2) is 54.9 Å². The number of methoxy groups -OCH3 is 1. The van der Waals surface area contributed by atoms with Crippen molar-refractivity contribution in [3.05, 3.63) is 82.4 Å². The second kappa shape index (κ2) is 9.39. The van der Waals surface area contributed by atoms with E-state index in [2.05, 4.69) is 5.10 Å². The lowest BCUT2D eigenvalue weighted by Crippen LogP contribution is -2.00. The number of ketones is 1. The molecule has 0 spiro atoms. The van der Waals surface area contributed by atoms with E-state index in [1.165, 1.54) is 24.3 Å². The van der Waals surface area contributed by atoms with Crippen LogP contribution in [0.5, 0.6) is 11.5 Å². The predicted molar refractivity (Wildman–Crippen MR) is 110 cm³/mol. The van der Waals surface area contributed by atoms with Crippen LogP contribution in [-0.4, -0.2) is 22.7 Å². The smallest absolute Gasteiger partial charge is 0.189 e. The summed E-state index contributed by atoms with van der Waals surface area (Å²) in [6.07, 6.45) is 6.49. The second-order valence-corrected chi connectivity index (χ2v) is 6.62. The Hall–Kier alpha value is -3.12. The Kier molecular flexibility index (Phi) is 6.67. The van der Waals surface area contributed by atoms with Crippen molar-refractivity contribution in [1.29, 1.82) is 0 Å².